The maximum atomic E-state index is 12.3. The first-order chi connectivity index (χ1) is 12.5. The summed E-state index contributed by atoms with van der Waals surface area (Å²) < 4.78 is 5.33. The number of amides is 1. The molecule has 136 valence electrons. The van der Waals surface area contributed by atoms with Crippen LogP contribution in [-0.4, -0.2) is 52.9 Å². The van der Waals surface area contributed by atoms with E-state index in [4.69, 9.17) is 15.6 Å². The minimum atomic E-state index is -1.02. The highest BCUT2D eigenvalue weighted by molar-refractivity contribution is 5.87. The van der Waals surface area contributed by atoms with E-state index in [9.17, 15) is 9.59 Å². The van der Waals surface area contributed by atoms with Gasteiger partial charge in [0.1, 0.15) is 18.6 Å². The van der Waals surface area contributed by atoms with Gasteiger partial charge in [-0.25, -0.2) is 14.6 Å². The molecule has 1 atom stereocenters. The number of hydrogen-bond acceptors (Lipinski definition) is 6. The fourth-order valence-corrected chi connectivity index (χ4v) is 2.75. The molecule has 0 bridgehead atoms. The lowest BCUT2D eigenvalue weighted by Crippen LogP contribution is -2.59. The summed E-state index contributed by atoms with van der Waals surface area (Å²) in [6.45, 7) is 1.52. The highest BCUT2D eigenvalue weighted by atomic mass is 16.6. The van der Waals surface area contributed by atoms with E-state index < -0.39 is 18.2 Å². The molecule has 2 aromatic rings. The molecular formula is C18H20N4O4. The van der Waals surface area contributed by atoms with Crippen LogP contribution in [0.1, 0.15) is 15.9 Å². The predicted molar refractivity (Wildman–Crippen MR) is 94.7 cm³/mol. The number of carbonyl (C=O) groups is 2. The van der Waals surface area contributed by atoms with Gasteiger partial charge < -0.3 is 20.5 Å². The molecule has 0 unspecified atom stereocenters. The summed E-state index contributed by atoms with van der Waals surface area (Å²) in [5.74, 6) is -0.394. The van der Waals surface area contributed by atoms with Gasteiger partial charge in [0.05, 0.1) is 12.1 Å². The lowest BCUT2D eigenvalue weighted by atomic mass is 10.2. The molecule has 1 aliphatic heterocycles. The van der Waals surface area contributed by atoms with Gasteiger partial charge in [0.15, 0.2) is 0 Å². The van der Waals surface area contributed by atoms with Gasteiger partial charge in [-0.3, -0.25) is 4.90 Å². The van der Waals surface area contributed by atoms with E-state index in [0.29, 0.717) is 25.5 Å². The Bertz CT molecular complexity index is 767. The van der Waals surface area contributed by atoms with E-state index in [-0.39, 0.29) is 12.2 Å². The number of pyridine rings is 1. The molecular weight excluding hydrogens is 336 g/mol. The van der Waals surface area contributed by atoms with Crippen molar-refractivity contribution in [1.29, 1.82) is 0 Å². The molecule has 1 aromatic heterocycles. The lowest BCUT2D eigenvalue weighted by molar-refractivity contribution is 0.0695. The van der Waals surface area contributed by atoms with Gasteiger partial charge in [0.2, 0.25) is 0 Å². The second kappa shape index (κ2) is 7.83. The van der Waals surface area contributed by atoms with Crippen molar-refractivity contribution in [2.45, 2.75) is 12.8 Å². The number of aromatic nitrogens is 1. The number of hydrogen-bond donors (Lipinski definition) is 2. The number of rotatable bonds is 4. The number of nitrogens with two attached hydrogens (primary N) is 1. The van der Waals surface area contributed by atoms with Gasteiger partial charge in [0.25, 0.3) is 0 Å². The fraction of sp³-hybridized carbons (Fsp3) is 0.278. The van der Waals surface area contributed by atoms with E-state index in [1.54, 1.807) is 6.07 Å². The highest BCUT2D eigenvalue weighted by Crippen LogP contribution is 2.17. The minimum Gasteiger partial charge on any atom is -0.478 e. The molecule has 0 saturated carbocycles. The zero-order valence-electron chi connectivity index (χ0n) is 14.1. The van der Waals surface area contributed by atoms with Crippen LogP contribution in [0.2, 0.25) is 0 Å². The summed E-state index contributed by atoms with van der Waals surface area (Å²) in [4.78, 5) is 30.7. The van der Waals surface area contributed by atoms with Gasteiger partial charge in [-0.2, -0.15) is 0 Å². The first-order valence-corrected chi connectivity index (χ1v) is 8.22. The number of piperazine rings is 1. The molecule has 26 heavy (non-hydrogen) atoms. The van der Waals surface area contributed by atoms with E-state index >= 15 is 0 Å². The summed E-state index contributed by atoms with van der Waals surface area (Å²) in [6, 6.07) is 12.6. The minimum absolute atomic E-state index is 0.126. The summed E-state index contributed by atoms with van der Waals surface area (Å²) in [5.41, 5.74) is 7.16. The Hall–Kier alpha value is -3.13. The highest BCUT2D eigenvalue weighted by Gasteiger charge is 2.29. The first kappa shape index (κ1) is 17.7. The third-order valence-electron chi connectivity index (χ3n) is 4.18. The zero-order valence-corrected chi connectivity index (χ0v) is 14.1. The van der Waals surface area contributed by atoms with Crippen LogP contribution >= 0.6 is 0 Å². The standard InChI is InChI=1S/C18H20N4O4/c19-15-11-21(16-7-6-14(10-20-16)17(23)24)8-9-22(15)18(25)26-12-13-4-2-1-3-5-13/h1-7,10,15H,8-9,11-12,19H2,(H,23,24)/t15-/m1/s1. The summed E-state index contributed by atoms with van der Waals surface area (Å²) >= 11 is 0. The van der Waals surface area contributed by atoms with E-state index in [1.165, 1.54) is 17.2 Å². The van der Waals surface area contributed by atoms with Crippen molar-refractivity contribution in [3.63, 3.8) is 0 Å². The van der Waals surface area contributed by atoms with Crippen molar-refractivity contribution >= 4 is 17.9 Å². The monoisotopic (exact) mass is 356 g/mol. The molecule has 1 aliphatic rings. The quantitative estimate of drug-likeness (QED) is 0.855. The number of carboxylic acids is 1. The summed E-state index contributed by atoms with van der Waals surface area (Å²) in [6.07, 6.45) is 0.326. The summed E-state index contributed by atoms with van der Waals surface area (Å²) in [7, 11) is 0. The van der Waals surface area contributed by atoms with Crippen LogP contribution in [-0.2, 0) is 11.3 Å². The first-order valence-electron chi connectivity index (χ1n) is 8.22. The molecule has 8 nitrogen and oxygen atoms in total. The average Bonchev–Trinajstić information content (AvgIpc) is 2.67. The fourth-order valence-electron chi connectivity index (χ4n) is 2.75. The van der Waals surface area contributed by atoms with Crippen LogP contribution in [0.25, 0.3) is 0 Å². The Morgan fingerprint density at radius 1 is 1.19 bits per heavy atom. The van der Waals surface area contributed by atoms with Crippen molar-refractivity contribution < 1.29 is 19.4 Å². The number of benzene rings is 1. The average molecular weight is 356 g/mol. The molecule has 1 amide bonds. The van der Waals surface area contributed by atoms with Crippen LogP contribution in [0.3, 0.4) is 0 Å². The van der Waals surface area contributed by atoms with E-state index in [1.807, 2.05) is 35.2 Å². The molecule has 3 rings (SSSR count). The van der Waals surface area contributed by atoms with Crippen molar-refractivity contribution in [3.8, 4) is 0 Å². The molecule has 1 fully saturated rings. The third-order valence-corrected chi connectivity index (χ3v) is 4.18. The Labute approximate surface area is 150 Å². The molecule has 0 spiro atoms. The molecule has 8 heteroatoms. The second-order valence-electron chi connectivity index (χ2n) is 5.96. The van der Waals surface area contributed by atoms with Gasteiger partial charge in [0, 0.05) is 19.3 Å². The topological polar surface area (TPSA) is 109 Å². The summed E-state index contributed by atoms with van der Waals surface area (Å²) in [5, 5.41) is 8.93. The molecule has 0 radical (unpaired) electrons. The van der Waals surface area contributed by atoms with Gasteiger partial charge in [-0.1, -0.05) is 30.3 Å². The molecule has 3 N–H and O–H groups in total. The van der Waals surface area contributed by atoms with E-state index in [0.717, 1.165) is 5.56 Å². The zero-order chi connectivity index (χ0) is 18.5. The number of carboxylic acid groups (broad SMARTS) is 1. The third kappa shape index (κ3) is 4.09. The largest absolute Gasteiger partial charge is 0.478 e. The number of carbonyl (C=O) groups excluding carboxylic acids is 1. The van der Waals surface area contributed by atoms with Crippen LogP contribution in [0.5, 0.6) is 0 Å². The van der Waals surface area contributed by atoms with Gasteiger partial charge >= 0.3 is 12.1 Å². The normalized spacial score (nSPS) is 17.0. The second-order valence-corrected chi connectivity index (χ2v) is 5.96. The number of anilines is 1. The number of ether oxygens (including phenoxy) is 1. The molecule has 1 aromatic carbocycles. The van der Waals surface area contributed by atoms with Crippen LogP contribution in [0.15, 0.2) is 48.7 Å². The van der Waals surface area contributed by atoms with E-state index in [2.05, 4.69) is 4.98 Å². The van der Waals surface area contributed by atoms with Crippen LogP contribution < -0.4 is 10.6 Å². The molecule has 2 heterocycles. The van der Waals surface area contributed by atoms with Crippen molar-refractivity contribution in [2.24, 2.45) is 5.73 Å². The Morgan fingerprint density at radius 2 is 1.96 bits per heavy atom. The number of nitrogens with zero attached hydrogens (tertiary/aromatic N) is 3. The number of aromatic carboxylic acids is 1. The Balaban J connectivity index is 1.56. The maximum absolute atomic E-state index is 12.3. The SMILES string of the molecule is N[C@H]1CN(c2ccc(C(=O)O)cn2)CCN1C(=O)OCc1ccccc1. The predicted octanol–water partition coefficient (Wildman–Crippen LogP) is 1.52. The Morgan fingerprint density at radius 3 is 2.58 bits per heavy atom. The maximum Gasteiger partial charge on any atom is 0.411 e. The molecule has 0 aliphatic carbocycles. The van der Waals surface area contributed by atoms with Crippen LogP contribution in [0.4, 0.5) is 10.6 Å². The van der Waals surface area contributed by atoms with Crippen LogP contribution in [0, 0.1) is 0 Å². The van der Waals surface area contributed by atoms with Crippen molar-refractivity contribution in [2.75, 3.05) is 24.5 Å². The van der Waals surface area contributed by atoms with Gasteiger partial charge in [-0.15, -0.1) is 0 Å². The van der Waals surface area contributed by atoms with Gasteiger partial charge in [-0.05, 0) is 17.7 Å². The van der Waals surface area contributed by atoms with Crippen molar-refractivity contribution in [1.82, 2.24) is 9.88 Å². The Kier molecular flexibility index (Phi) is 5.33. The molecule has 1 saturated heterocycles. The smallest absolute Gasteiger partial charge is 0.411 e. The lowest BCUT2D eigenvalue weighted by Gasteiger charge is -2.39. The van der Waals surface area contributed by atoms with Crippen molar-refractivity contribution in [3.05, 3.63) is 59.8 Å².